The minimum absolute atomic E-state index is 0.00276. The maximum absolute atomic E-state index is 15.2. The first-order valence-electron chi connectivity index (χ1n) is 11.5. The Morgan fingerprint density at radius 1 is 1.28 bits per heavy atom. The van der Waals surface area contributed by atoms with Gasteiger partial charge in [0.1, 0.15) is 29.4 Å². The molecule has 1 amide bonds. The maximum atomic E-state index is 15.2. The zero-order valence-electron chi connectivity index (χ0n) is 20.5. The predicted molar refractivity (Wildman–Crippen MR) is 133 cm³/mol. The number of carbonyl (C=O) groups excluding carboxylic acids is 1. The number of nitrogens with zero attached hydrogens (tertiary/aromatic N) is 6. The van der Waals surface area contributed by atoms with Crippen molar-refractivity contribution in [2.24, 2.45) is 10.9 Å². The third kappa shape index (κ3) is 6.18. The van der Waals surface area contributed by atoms with E-state index in [9.17, 15) is 18.0 Å². The molecule has 3 aromatic rings. The molecule has 13 heteroatoms. The number of aromatic nitrogens is 4. The molecule has 200 valence electrons. The fourth-order valence-corrected chi connectivity index (χ4v) is 3.88. The molecule has 1 aliphatic heterocycles. The van der Waals surface area contributed by atoms with Gasteiger partial charge in [-0.3, -0.25) is 9.79 Å². The number of likely N-dealkylation sites (tertiary alicyclic amines) is 1. The summed E-state index contributed by atoms with van der Waals surface area (Å²) < 4.78 is 59.2. The molecule has 3 heterocycles. The number of rotatable bonds is 5. The van der Waals surface area contributed by atoms with E-state index in [1.807, 2.05) is 0 Å². The lowest BCUT2D eigenvalue weighted by atomic mass is 9.99. The molecule has 0 unspecified atom stereocenters. The van der Waals surface area contributed by atoms with E-state index < -0.39 is 23.7 Å². The molecule has 1 saturated heterocycles. The normalized spacial score (nSPS) is 15.5. The first-order valence-corrected chi connectivity index (χ1v) is 11.5. The number of hydrogen-bond donors (Lipinski definition) is 1. The Balaban J connectivity index is 1.61. The van der Waals surface area contributed by atoms with Gasteiger partial charge >= 0.3 is 12.2 Å². The molecule has 0 spiro atoms. The van der Waals surface area contributed by atoms with Gasteiger partial charge in [-0.15, -0.1) is 0 Å². The van der Waals surface area contributed by atoms with Crippen LogP contribution in [0.3, 0.4) is 0 Å². The highest BCUT2D eigenvalue weighted by atomic mass is 19.4. The van der Waals surface area contributed by atoms with E-state index in [0.29, 0.717) is 25.6 Å². The summed E-state index contributed by atoms with van der Waals surface area (Å²) in [5, 5.41) is 0. The van der Waals surface area contributed by atoms with Gasteiger partial charge in [-0.1, -0.05) is 12.5 Å². The lowest BCUT2D eigenvalue weighted by Gasteiger charge is -2.13. The van der Waals surface area contributed by atoms with E-state index >= 15 is 4.39 Å². The molecule has 9 nitrogen and oxygen atoms in total. The summed E-state index contributed by atoms with van der Waals surface area (Å²) in [5.41, 5.74) is 5.44. The van der Waals surface area contributed by atoms with Crippen molar-refractivity contribution >= 4 is 17.4 Å². The van der Waals surface area contributed by atoms with Crippen molar-refractivity contribution in [3.8, 4) is 23.6 Å². The molecule has 0 radical (unpaired) electrons. The van der Waals surface area contributed by atoms with E-state index in [4.69, 9.17) is 10.5 Å². The van der Waals surface area contributed by atoms with Gasteiger partial charge in [0.05, 0.1) is 11.3 Å². The van der Waals surface area contributed by atoms with Crippen LogP contribution in [-0.2, 0) is 11.0 Å². The zero-order valence-corrected chi connectivity index (χ0v) is 20.5. The molecular weight excluding hydrogens is 518 g/mol. The zero-order chi connectivity index (χ0) is 28.2. The van der Waals surface area contributed by atoms with E-state index in [1.165, 1.54) is 31.6 Å². The summed E-state index contributed by atoms with van der Waals surface area (Å²) in [7, 11) is 1.43. The highest BCUT2D eigenvalue weighted by molar-refractivity contribution is 6.16. The highest BCUT2D eigenvalue weighted by Gasteiger charge is 2.33. The van der Waals surface area contributed by atoms with Crippen molar-refractivity contribution in [1.29, 1.82) is 0 Å². The van der Waals surface area contributed by atoms with E-state index in [0.717, 1.165) is 12.3 Å². The fourth-order valence-electron chi connectivity index (χ4n) is 3.88. The molecule has 0 aliphatic carbocycles. The molecule has 4 rings (SSSR count). The topological polar surface area (TPSA) is 119 Å². The lowest BCUT2D eigenvalue weighted by Crippen LogP contribution is -2.26. The Morgan fingerprint density at radius 2 is 2.08 bits per heavy atom. The Kier molecular flexibility index (Phi) is 7.85. The van der Waals surface area contributed by atoms with Crippen LogP contribution in [0.15, 0.2) is 54.4 Å². The van der Waals surface area contributed by atoms with E-state index in [1.54, 1.807) is 4.90 Å². The Morgan fingerprint density at radius 3 is 2.77 bits per heavy atom. The van der Waals surface area contributed by atoms with Gasteiger partial charge in [0, 0.05) is 43.9 Å². The van der Waals surface area contributed by atoms with Crippen molar-refractivity contribution < 1.29 is 27.1 Å². The summed E-state index contributed by atoms with van der Waals surface area (Å²) in [6, 6.07) is 3.69. The Bertz CT molecular complexity index is 1510. The summed E-state index contributed by atoms with van der Waals surface area (Å²) in [6.45, 7) is 4.48. The minimum atomic E-state index is -4.69. The Labute approximate surface area is 220 Å². The van der Waals surface area contributed by atoms with Crippen LogP contribution >= 0.6 is 0 Å². The van der Waals surface area contributed by atoms with Crippen molar-refractivity contribution in [2.45, 2.75) is 12.6 Å². The number of nitrogen functional groups attached to an aromatic ring is 1. The Hall–Kier alpha value is -4.86. The van der Waals surface area contributed by atoms with Gasteiger partial charge < -0.3 is 15.4 Å². The molecule has 39 heavy (non-hydrogen) atoms. The van der Waals surface area contributed by atoms with Gasteiger partial charge in [-0.2, -0.15) is 18.2 Å². The summed E-state index contributed by atoms with van der Waals surface area (Å²) in [6.07, 6.45) is -0.663. The number of nitrogens with two attached hydrogens (primary N) is 1. The van der Waals surface area contributed by atoms with Crippen LogP contribution in [0.4, 0.5) is 23.4 Å². The SMILES string of the molecule is C=CC(=O)N1CC[C@@H](C#Cc2ncnc(N)c2/C(=N\C)c2ccc(Oc3nccc(C(F)(F)F)n3)cc2F)C1. The molecule has 1 aromatic carbocycles. The number of amides is 1. The number of halogens is 4. The van der Waals surface area contributed by atoms with E-state index in [-0.39, 0.29) is 45.9 Å². The monoisotopic (exact) mass is 539 g/mol. The summed E-state index contributed by atoms with van der Waals surface area (Å²) in [5.74, 6) is 4.84. The van der Waals surface area contributed by atoms with Gasteiger partial charge in [0.25, 0.3) is 0 Å². The third-order valence-corrected chi connectivity index (χ3v) is 5.73. The van der Waals surface area contributed by atoms with Crippen LogP contribution in [0.1, 0.15) is 28.9 Å². The minimum Gasteiger partial charge on any atom is -0.424 e. The molecule has 1 fully saturated rings. The molecule has 2 aromatic heterocycles. The number of carbonyl (C=O) groups is 1. The summed E-state index contributed by atoms with van der Waals surface area (Å²) in [4.78, 5) is 32.8. The van der Waals surface area contributed by atoms with Crippen LogP contribution in [-0.4, -0.2) is 56.6 Å². The van der Waals surface area contributed by atoms with Gasteiger partial charge in [0.15, 0.2) is 5.69 Å². The van der Waals surface area contributed by atoms with Crippen molar-refractivity contribution in [3.63, 3.8) is 0 Å². The number of aliphatic imine (C=N–C) groups is 1. The number of benzene rings is 1. The number of hydrogen-bond acceptors (Lipinski definition) is 8. The van der Waals surface area contributed by atoms with Crippen LogP contribution < -0.4 is 10.5 Å². The molecule has 1 aliphatic rings. The number of anilines is 1. The third-order valence-electron chi connectivity index (χ3n) is 5.73. The standard InChI is InChI=1S/C26H21F4N7O2/c1-3-21(38)37-11-9-15(13-37)4-7-19-22(24(31)35-14-34-19)23(32-2)17-6-5-16(12-18(17)27)39-25-33-10-8-20(36-25)26(28,29)30/h3,5-6,8,10,12,14-15H,1,9,11,13H2,2H3,(H2,31,34,35)/b32-23-/t15-/m1/s1. The molecule has 0 saturated carbocycles. The second-order valence-corrected chi connectivity index (χ2v) is 8.26. The molecular formula is C26H21F4N7O2. The number of ether oxygens (including phenoxy) is 1. The second-order valence-electron chi connectivity index (χ2n) is 8.26. The first-order chi connectivity index (χ1) is 18.6. The number of alkyl halides is 3. The first kappa shape index (κ1) is 27.2. The fraction of sp³-hybridized carbons (Fsp3) is 0.231. The van der Waals surface area contributed by atoms with Gasteiger partial charge in [0.2, 0.25) is 5.91 Å². The van der Waals surface area contributed by atoms with Gasteiger partial charge in [-0.25, -0.2) is 19.3 Å². The highest BCUT2D eigenvalue weighted by Crippen LogP contribution is 2.30. The molecule has 0 bridgehead atoms. The van der Waals surface area contributed by atoms with Crippen LogP contribution in [0.25, 0.3) is 0 Å². The van der Waals surface area contributed by atoms with Crippen molar-refractivity contribution in [3.05, 3.63) is 77.8 Å². The average molecular weight is 539 g/mol. The summed E-state index contributed by atoms with van der Waals surface area (Å²) >= 11 is 0. The maximum Gasteiger partial charge on any atom is 0.433 e. The average Bonchev–Trinajstić information content (AvgIpc) is 3.38. The largest absolute Gasteiger partial charge is 0.433 e. The predicted octanol–water partition coefficient (Wildman–Crippen LogP) is 3.65. The van der Waals surface area contributed by atoms with E-state index in [2.05, 4.69) is 43.3 Å². The lowest BCUT2D eigenvalue weighted by molar-refractivity contribution is -0.141. The quantitative estimate of drug-likeness (QED) is 0.228. The van der Waals surface area contributed by atoms with Crippen LogP contribution in [0, 0.1) is 23.6 Å². The van der Waals surface area contributed by atoms with Crippen LogP contribution in [0.2, 0.25) is 0 Å². The molecule has 1 atom stereocenters. The van der Waals surface area contributed by atoms with Crippen molar-refractivity contribution in [2.75, 3.05) is 25.9 Å². The van der Waals surface area contributed by atoms with Crippen molar-refractivity contribution in [1.82, 2.24) is 24.8 Å². The molecule has 2 N–H and O–H groups in total. The second kappa shape index (κ2) is 11.3. The van der Waals surface area contributed by atoms with Gasteiger partial charge in [-0.05, 0) is 36.6 Å². The smallest absolute Gasteiger partial charge is 0.424 e. The van der Waals surface area contributed by atoms with Crippen LogP contribution in [0.5, 0.6) is 11.8 Å².